The van der Waals surface area contributed by atoms with Crippen LogP contribution in [0.2, 0.25) is 0 Å². The van der Waals surface area contributed by atoms with Gasteiger partial charge >= 0.3 is 0 Å². The van der Waals surface area contributed by atoms with Crippen LogP contribution < -0.4 is 5.73 Å². The molecular formula is C14H22N2O. The smallest absolute Gasteiger partial charge is 0.0576 e. The Labute approximate surface area is 103 Å². The highest BCUT2D eigenvalue weighted by Crippen LogP contribution is 2.22. The molecule has 0 aliphatic carbocycles. The maximum Gasteiger partial charge on any atom is 0.0576 e. The van der Waals surface area contributed by atoms with Crippen LogP contribution in [0.3, 0.4) is 0 Å². The van der Waals surface area contributed by atoms with E-state index >= 15 is 0 Å². The van der Waals surface area contributed by atoms with Crippen LogP contribution in [0.15, 0.2) is 24.4 Å². The van der Waals surface area contributed by atoms with Crippen LogP contribution in [0.4, 0.5) is 0 Å². The molecule has 3 heteroatoms. The summed E-state index contributed by atoms with van der Waals surface area (Å²) in [7, 11) is 0. The zero-order valence-electron chi connectivity index (χ0n) is 10.5. The summed E-state index contributed by atoms with van der Waals surface area (Å²) in [6.07, 6.45) is 6.77. The molecule has 2 N–H and O–H groups in total. The standard InChI is InChI=1S/C14H22N2O/c1-11(14-6-2-3-9-16-14)13(15)8-7-12-5-4-10-17-12/h2-3,6,9,11-13H,4-5,7-8,10,15H2,1H3. The summed E-state index contributed by atoms with van der Waals surface area (Å²) in [6, 6.07) is 6.19. The molecule has 94 valence electrons. The van der Waals surface area contributed by atoms with E-state index in [1.165, 1.54) is 12.8 Å². The number of nitrogens with zero attached hydrogens (tertiary/aromatic N) is 1. The van der Waals surface area contributed by atoms with E-state index in [1.54, 1.807) is 0 Å². The minimum Gasteiger partial charge on any atom is -0.378 e. The molecule has 2 rings (SSSR count). The van der Waals surface area contributed by atoms with Gasteiger partial charge in [-0.1, -0.05) is 13.0 Å². The normalized spacial score (nSPS) is 23.5. The third kappa shape index (κ3) is 3.51. The summed E-state index contributed by atoms with van der Waals surface area (Å²) in [5.41, 5.74) is 7.32. The molecule has 1 aliphatic rings. The van der Waals surface area contributed by atoms with Gasteiger partial charge in [-0.25, -0.2) is 0 Å². The van der Waals surface area contributed by atoms with Crippen molar-refractivity contribution in [2.45, 2.75) is 50.7 Å². The van der Waals surface area contributed by atoms with Crippen LogP contribution in [0.5, 0.6) is 0 Å². The summed E-state index contributed by atoms with van der Waals surface area (Å²) >= 11 is 0. The van der Waals surface area contributed by atoms with Crippen LogP contribution >= 0.6 is 0 Å². The van der Waals surface area contributed by atoms with Gasteiger partial charge in [0.2, 0.25) is 0 Å². The molecule has 3 atom stereocenters. The lowest BCUT2D eigenvalue weighted by atomic mass is 9.93. The van der Waals surface area contributed by atoms with Crippen molar-refractivity contribution in [2.24, 2.45) is 5.73 Å². The van der Waals surface area contributed by atoms with Gasteiger partial charge in [0.15, 0.2) is 0 Å². The molecule has 1 saturated heterocycles. The summed E-state index contributed by atoms with van der Waals surface area (Å²) in [5, 5.41) is 0. The lowest BCUT2D eigenvalue weighted by molar-refractivity contribution is 0.100. The zero-order chi connectivity index (χ0) is 12.1. The maximum atomic E-state index is 6.23. The Bertz CT molecular complexity index is 322. The Morgan fingerprint density at radius 1 is 1.53 bits per heavy atom. The SMILES string of the molecule is CC(c1ccccn1)C(N)CCC1CCCO1. The number of rotatable bonds is 5. The van der Waals surface area contributed by atoms with Gasteiger partial charge in [-0.3, -0.25) is 4.98 Å². The van der Waals surface area contributed by atoms with Crippen molar-refractivity contribution in [1.29, 1.82) is 0 Å². The molecule has 0 saturated carbocycles. The molecule has 3 unspecified atom stereocenters. The number of ether oxygens (including phenoxy) is 1. The van der Waals surface area contributed by atoms with E-state index in [0.717, 1.165) is 25.1 Å². The van der Waals surface area contributed by atoms with Gasteiger partial charge in [-0.2, -0.15) is 0 Å². The zero-order valence-corrected chi connectivity index (χ0v) is 10.5. The van der Waals surface area contributed by atoms with E-state index < -0.39 is 0 Å². The van der Waals surface area contributed by atoms with Crippen molar-refractivity contribution >= 4 is 0 Å². The molecule has 0 bridgehead atoms. The van der Waals surface area contributed by atoms with Crippen molar-refractivity contribution in [3.8, 4) is 0 Å². The third-order valence-electron chi connectivity index (χ3n) is 3.64. The van der Waals surface area contributed by atoms with Gasteiger partial charge in [0, 0.05) is 30.5 Å². The molecule has 1 aliphatic heterocycles. The van der Waals surface area contributed by atoms with Crippen molar-refractivity contribution in [2.75, 3.05) is 6.61 Å². The summed E-state index contributed by atoms with van der Waals surface area (Å²) in [4.78, 5) is 4.37. The molecule has 0 aromatic carbocycles. The molecule has 0 radical (unpaired) electrons. The second kappa shape index (κ2) is 6.12. The fourth-order valence-corrected chi connectivity index (χ4v) is 2.37. The van der Waals surface area contributed by atoms with E-state index in [-0.39, 0.29) is 6.04 Å². The van der Waals surface area contributed by atoms with Gasteiger partial charge < -0.3 is 10.5 Å². The molecule has 0 spiro atoms. The number of nitrogens with two attached hydrogens (primary N) is 1. The molecule has 0 amide bonds. The average Bonchev–Trinajstić information content (AvgIpc) is 2.89. The Balaban J connectivity index is 1.80. The van der Waals surface area contributed by atoms with Crippen LogP contribution in [0.1, 0.15) is 44.2 Å². The van der Waals surface area contributed by atoms with Crippen molar-refractivity contribution in [3.63, 3.8) is 0 Å². The summed E-state index contributed by atoms with van der Waals surface area (Å²) < 4.78 is 5.62. The first-order valence-corrected chi connectivity index (χ1v) is 6.55. The fraction of sp³-hybridized carbons (Fsp3) is 0.643. The highest BCUT2D eigenvalue weighted by molar-refractivity contribution is 5.10. The topological polar surface area (TPSA) is 48.1 Å². The predicted molar refractivity (Wildman–Crippen MR) is 68.8 cm³/mol. The number of hydrogen-bond donors (Lipinski definition) is 1. The minimum absolute atomic E-state index is 0.175. The Kier molecular flexibility index (Phi) is 4.51. The monoisotopic (exact) mass is 234 g/mol. The Morgan fingerprint density at radius 3 is 3.06 bits per heavy atom. The number of pyridine rings is 1. The second-order valence-electron chi connectivity index (χ2n) is 4.92. The third-order valence-corrected chi connectivity index (χ3v) is 3.64. The summed E-state index contributed by atoms with van der Waals surface area (Å²) in [6.45, 7) is 3.08. The first-order valence-electron chi connectivity index (χ1n) is 6.55. The Hall–Kier alpha value is -0.930. The first-order chi connectivity index (χ1) is 8.27. The molecule has 1 fully saturated rings. The molecule has 1 aromatic rings. The largest absolute Gasteiger partial charge is 0.378 e. The molecule has 17 heavy (non-hydrogen) atoms. The van der Waals surface area contributed by atoms with E-state index in [1.807, 2.05) is 18.3 Å². The lowest BCUT2D eigenvalue weighted by Gasteiger charge is -2.20. The van der Waals surface area contributed by atoms with Crippen molar-refractivity contribution < 1.29 is 4.74 Å². The van der Waals surface area contributed by atoms with E-state index in [0.29, 0.717) is 12.0 Å². The number of aromatic nitrogens is 1. The molecule has 3 nitrogen and oxygen atoms in total. The van der Waals surface area contributed by atoms with Crippen molar-refractivity contribution in [1.82, 2.24) is 4.98 Å². The predicted octanol–water partition coefficient (Wildman–Crippen LogP) is 2.47. The van der Waals surface area contributed by atoms with E-state index in [2.05, 4.69) is 18.0 Å². The molecule has 1 aromatic heterocycles. The lowest BCUT2D eigenvalue weighted by Crippen LogP contribution is -2.28. The van der Waals surface area contributed by atoms with Crippen LogP contribution in [-0.2, 0) is 4.74 Å². The van der Waals surface area contributed by atoms with Gasteiger partial charge in [-0.15, -0.1) is 0 Å². The van der Waals surface area contributed by atoms with Gasteiger partial charge in [0.1, 0.15) is 0 Å². The molecular weight excluding hydrogens is 212 g/mol. The highest BCUT2D eigenvalue weighted by Gasteiger charge is 2.20. The van der Waals surface area contributed by atoms with Gasteiger partial charge in [0.05, 0.1) is 6.10 Å². The van der Waals surface area contributed by atoms with Gasteiger partial charge in [-0.05, 0) is 37.8 Å². The van der Waals surface area contributed by atoms with E-state index in [4.69, 9.17) is 10.5 Å². The highest BCUT2D eigenvalue weighted by atomic mass is 16.5. The average molecular weight is 234 g/mol. The fourth-order valence-electron chi connectivity index (χ4n) is 2.37. The number of hydrogen-bond acceptors (Lipinski definition) is 3. The maximum absolute atomic E-state index is 6.23. The van der Waals surface area contributed by atoms with E-state index in [9.17, 15) is 0 Å². The van der Waals surface area contributed by atoms with Crippen LogP contribution in [0, 0.1) is 0 Å². The quantitative estimate of drug-likeness (QED) is 0.851. The second-order valence-corrected chi connectivity index (χ2v) is 4.92. The Morgan fingerprint density at radius 2 is 2.41 bits per heavy atom. The van der Waals surface area contributed by atoms with Gasteiger partial charge in [0.25, 0.3) is 0 Å². The van der Waals surface area contributed by atoms with Crippen molar-refractivity contribution in [3.05, 3.63) is 30.1 Å². The molecule has 2 heterocycles. The first kappa shape index (κ1) is 12.5. The minimum atomic E-state index is 0.175. The van der Waals surface area contributed by atoms with Crippen LogP contribution in [0.25, 0.3) is 0 Å². The van der Waals surface area contributed by atoms with Crippen LogP contribution in [-0.4, -0.2) is 23.7 Å². The summed E-state index contributed by atoms with van der Waals surface area (Å²) in [5.74, 6) is 0.317.